The Balaban J connectivity index is 2.61. The number of carboxylic acid groups (broad SMARTS) is 1. The molecule has 0 saturated heterocycles. The fraction of sp³-hybridized carbons (Fsp3) is 0.429. The molecule has 6 nitrogen and oxygen atoms in total. The molecule has 0 aliphatic carbocycles. The van der Waals surface area contributed by atoms with Crippen LogP contribution in [-0.2, 0) is 10.3 Å². The molecule has 0 aliphatic rings. The van der Waals surface area contributed by atoms with Gasteiger partial charge in [0.05, 0.1) is 0 Å². The second kappa shape index (κ2) is 5.81. The van der Waals surface area contributed by atoms with Crippen molar-refractivity contribution < 1.29 is 9.90 Å². The van der Waals surface area contributed by atoms with Crippen molar-refractivity contribution in [2.75, 3.05) is 0 Å². The van der Waals surface area contributed by atoms with Crippen LogP contribution in [0.3, 0.4) is 0 Å². The van der Waals surface area contributed by atoms with Crippen LogP contribution in [-0.4, -0.2) is 31.3 Å². The molecule has 0 aliphatic heterocycles. The summed E-state index contributed by atoms with van der Waals surface area (Å²) in [5.41, 5.74) is 0.481. The second-order valence-corrected chi connectivity index (χ2v) is 5.33. The fourth-order valence-corrected chi connectivity index (χ4v) is 2.51. The first-order valence-corrected chi connectivity index (χ1v) is 7.12. The molecule has 1 aromatic carbocycles. The Hall–Kier alpha value is -1.95. The lowest BCUT2D eigenvalue weighted by Gasteiger charge is -2.27. The van der Waals surface area contributed by atoms with Crippen LogP contribution in [0.1, 0.15) is 32.3 Å². The van der Waals surface area contributed by atoms with Crippen LogP contribution < -0.4 is 0 Å². The summed E-state index contributed by atoms with van der Waals surface area (Å²) >= 11 is 6.13. The molecule has 1 aromatic heterocycles. The molecule has 0 saturated carbocycles. The van der Waals surface area contributed by atoms with Gasteiger partial charge in [0.1, 0.15) is 0 Å². The third-order valence-electron chi connectivity index (χ3n) is 3.87. The zero-order valence-electron chi connectivity index (χ0n) is 12.2. The Morgan fingerprint density at radius 2 is 2.05 bits per heavy atom. The number of tetrazole rings is 1. The summed E-state index contributed by atoms with van der Waals surface area (Å²) in [6.07, 6.45) is 0.771. The first-order valence-electron chi connectivity index (χ1n) is 6.75. The number of nitrogens with zero attached hydrogens (tertiary/aromatic N) is 4. The van der Waals surface area contributed by atoms with Gasteiger partial charge < -0.3 is 5.11 Å². The highest BCUT2D eigenvalue weighted by molar-refractivity contribution is 6.31. The molecule has 0 radical (unpaired) electrons. The van der Waals surface area contributed by atoms with Crippen molar-refractivity contribution in [1.82, 2.24) is 20.2 Å². The highest BCUT2D eigenvalue weighted by Gasteiger charge is 2.40. The lowest BCUT2D eigenvalue weighted by Crippen LogP contribution is -2.42. The third kappa shape index (κ3) is 2.51. The van der Waals surface area contributed by atoms with E-state index in [2.05, 4.69) is 15.5 Å². The number of hydrogen-bond donors (Lipinski definition) is 1. The summed E-state index contributed by atoms with van der Waals surface area (Å²) in [7, 11) is 0. The van der Waals surface area contributed by atoms with Crippen molar-refractivity contribution in [2.24, 2.45) is 0 Å². The molecule has 0 atom stereocenters. The standard InChI is InChI=1S/C14H17ClN4O2/c1-4-14(5-2,13(20)21)19-12(16-17-18-19)10-7-6-9(3)11(15)8-10/h6-8H,4-5H2,1-3H3,(H,20,21). The normalized spacial score (nSPS) is 11.6. The summed E-state index contributed by atoms with van der Waals surface area (Å²) in [6, 6.07) is 5.44. The second-order valence-electron chi connectivity index (χ2n) is 4.92. The molecule has 0 bridgehead atoms. The monoisotopic (exact) mass is 308 g/mol. The van der Waals surface area contributed by atoms with Gasteiger partial charge in [0.15, 0.2) is 11.4 Å². The van der Waals surface area contributed by atoms with Crippen LogP contribution >= 0.6 is 11.6 Å². The highest BCUT2D eigenvalue weighted by Crippen LogP contribution is 2.31. The fourth-order valence-electron chi connectivity index (χ4n) is 2.33. The van der Waals surface area contributed by atoms with E-state index in [1.54, 1.807) is 6.07 Å². The topological polar surface area (TPSA) is 80.9 Å². The largest absolute Gasteiger partial charge is 0.479 e. The number of carboxylic acids is 1. The lowest BCUT2D eigenvalue weighted by molar-refractivity contribution is -0.148. The van der Waals surface area contributed by atoms with Gasteiger partial charge in [0.25, 0.3) is 0 Å². The zero-order valence-corrected chi connectivity index (χ0v) is 12.9. The van der Waals surface area contributed by atoms with Crippen LogP contribution in [0, 0.1) is 6.92 Å². The summed E-state index contributed by atoms with van der Waals surface area (Å²) in [6.45, 7) is 5.52. The van der Waals surface area contributed by atoms with Crippen molar-refractivity contribution in [1.29, 1.82) is 0 Å². The molecule has 112 valence electrons. The van der Waals surface area contributed by atoms with Crippen LogP contribution in [0.5, 0.6) is 0 Å². The third-order valence-corrected chi connectivity index (χ3v) is 4.28. The number of rotatable bonds is 5. The van der Waals surface area contributed by atoms with Gasteiger partial charge in [-0.15, -0.1) is 5.10 Å². The van der Waals surface area contributed by atoms with E-state index in [1.165, 1.54) is 4.68 Å². The minimum Gasteiger partial charge on any atom is -0.479 e. The predicted octanol–water partition coefficient (Wildman–Crippen LogP) is 2.90. The van der Waals surface area contributed by atoms with E-state index in [1.807, 2.05) is 32.9 Å². The molecule has 7 heteroatoms. The number of hydrogen-bond acceptors (Lipinski definition) is 4. The van der Waals surface area contributed by atoms with Gasteiger partial charge in [0, 0.05) is 10.6 Å². The Morgan fingerprint density at radius 3 is 2.57 bits per heavy atom. The number of carbonyl (C=O) groups is 1. The Morgan fingerprint density at radius 1 is 1.38 bits per heavy atom. The van der Waals surface area contributed by atoms with Crippen molar-refractivity contribution in [3.63, 3.8) is 0 Å². The van der Waals surface area contributed by atoms with Gasteiger partial charge in [0.2, 0.25) is 0 Å². The van der Waals surface area contributed by atoms with Crippen LogP contribution in [0.2, 0.25) is 5.02 Å². The first kappa shape index (κ1) is 15.4. The molecular weight excluding hydrogens is 292 g/mol. The maximum absolute atomic E-state index is 11.7. The van der Waals surface area contributed by atoms with Crippen LogP contribution in [0.15, 0.2) is 18.2 Å². The van der Waals surface area contributed by atoms with Crippen molar-refractivity contribution in [3.8, 4) is 11.4 Å². The van der Waals surface area contributed by atoms with E-state index in [4.69, 9.17) is 11.6 Å². The van der Waals surface area contributed by atoms with Gasteiger partial charge in [-0.25, -0.2) is 9.48 Å². The van der Waals surface area contributed by atoms with Crippen molar-refractivity contribution in [3.05, 3.63) is 28.8 Å². The van der Waals surface area contributed by atoms with E-state index in [0.29, 0.717) is 29.3 Å². The molecule has 1 N–H and O–H groups in total. The maximum Gasteiger partial charge on any atom is 0.331 e. The van der Waals surface area contributed by atoms with Crippen LogP contribution in [0.4, 0.5) is 0 Å². The van der Waals surface area contributed by atoms with E-state index in [-0.39, 0.29) is 0 Å². The Labute approximate surface area is 127 Å². The van der Waals surface area contributed by atoms with Gasteiger partial charge in [-0.05, 0) is 41.8 Å². The molecule has 2 rings (SSSR count). The van der Waals surface area contributed by atoms with Crippen molar-refractivity contribution >= 4 is 17.6 Å². The van der Waals surface area contributed by atoms with E-state index in [0.717, 1.165) is 5.56 Å². The molecule has 21 heavy (non-hydrogen) atoms. The summed E-state index contributed by atoms with van der Waals surface area (Å²) in [5.74, 6) is -0.540. The van der Waals surface area contributed by atoms with Gasteiger partial charge in [-0.1, -0.05) is 37.6 Å². The van der Waals surface area contributed by atoms with E-state index in [9.17, 15) is 9.90 Å². The SMILES string of the molecule is CCC(CC)(C(=O)O)n1nnnc1-c1ccc(C)c(Cl)c1. The minimum atomic E-state index is -1.16. The molecule has 0 fully saturated rings. The molecule has 0 spiro atoms. The summed E-state index contributed by atoms with van der Waals surface area (Å²) < 4.78 is 1.39. The lowest BCUT2D eigenvalue weighted by atomic mass is 9.92. The number of benzene rings is 1. The van der Waals surface area contributed by atoms with E-state index >= 15 is 0 Å². The Bertz CT molecular complexity index is 665. The zero-order chi connectivity index (χ0) is 15.6. The molecule has 0 unspecified atom stereocenters. The molecule has 2 aromatic rings. The maximum atomic E-state index is 11.7. The number of halogens is 1. The molecule has 1 heterocycles. The smallest absolute Gasteiger partial charge is 0.331 e. The quantitative estimate of drug-likeness (QED) is 0.918. The molecular formula is C14H17ClN4O2. The first-order chi connectivity index (χ1) is 9.96. The average Bonchev–Trinajstić information content (AvgIpc) is 2.93. The Kier molecular flexibility index (Phi) is 4.27. The minimum absolute atomic E-state index is 0.385. The molecule has 0 amide bonds. The van der Waals surface area contributed by atoms with Gasteiger partial charge in [-0.3, -0.25) is 0 Å². The number of aromatic nitrogens is 4. The van der Waals surface area contributed by atoms with Crippen molar-refractivity contribution in [2.45, 2.75) is 39.2 Å². The number of aliphatic carboxylic acids is 1. The van der Waals surface area contributed by atoms with Gasteiger partial charge >= 0.3 is 5.97 Å². The van der Waals surface area contributed by atoms with Crippen LogP contribution in [0.25, 0.3) is 11.4 Å². The summed E-state index contributed by atoms with van der Waals surface area (Å²) in [4.78, 5) is 11.7. The highest BCUT2D eigenvalue weighted by atomic mass is 35.5. The predicted molar refractivity (Wildman–Crippen MR) is 79.2 cm³/mol. The summed E-state index contributed by atoms with van der Waals surface area (Å²) in [5, 5.41) is 21.8. The average molecular weight is 309 g/mol. The van der Waals surface area contributed by atoms with E-state index < -0.39 is 11.5 Å². The number of aryl methyl sites for hydroxylation is 1. The van der Waals surface area contributed by atoms with Gasteiger partial charge in [-0.2, -0.15) is 0 Å².